The molecule has 1 fully saturated rings. The monoisotopic (exact) mass is 418 g/mol. The smallest absolute Gasteiger partial charge is 0.314 e. The van der Waals surface area contributed by atoms with Crippen molar-refractivity contribution in [2.24, 2.45) is 0 Å². The molecule has 0 aliphatic carbocycles. The van der Waals surface area contributed by atoms with Gasteiger partial charge in [-0.05, 0) is 42.8 Å². The number of amides is 2. The van der Waals surface area contributed by atoms with Crippen molar-refractivity contribution in [1.29, 1.82) is 5.26 Å². The lowest BCUT2D eigenvalue weighted by molar-refractivity contribution is -0.133. The van der Waals surface area contributed by atoms with Gasteiger partial charge in [-0.25, -0.2) is 8.42 Å². The third-order valence-corrected chi connectivity index (χ3v) is 6.15. The predicted octanol–water partition coefficient (Wildman–Crippen LogP) is 2.33. The first-order chi connectivity index (χ1) is 13.3. The van der Waals surface area contributed by atoms with Crippen LogP contribution in [0.25, 0.3) is 0 Å². The average Bonchev–Trinajstić information content (AvgIpc) is 3.01. The maximum Gasteiger partial charge on any atom is 0.314 e. The molecule has 1 aliphatic rings. The summed E-state index contributed by atoms with van der Waals surface area (Å²) < 4.78 is 25.3. The van der Waals surface area contributed by atoms with Gasteiger partial charge < -0.3 is 10.6 Å². The molecule has 0 saturated carbocycles. The first kappa shape index (κ1) is 19.7. The second-order valence-corrected chi connectivity index (χ2v) is 8.45. The van der Waals surface area contributed by atoms with Crippen molar-refractivity contribution in [3.8, 4) is 6.07 Å². The average molecular weight is 419 g/mol. The van der Waals surface area contributed by atoms with Gasteiger partial charge in [0.15, 0.2) is 0 Å². The molecule has 10 heteroatoms. The number of nitriles is 1. The standard InChI is InChI=1S/C18H15ClN4O4S/c19-13-6-5-12(11-20)16(9-13)22-18(25)17(24)21-14-3-1-4-15(10-14)23-7-2-8-28(23,26)27/h1,3-6,9-10H,2,7-8H2,(H,21,24)(H,22,25). The van der Waals surface area contributed by atoms with Crippen LogP contribution < -0.4 is 14.9 Å². The van der Waals surface area contributed by atoms with Crippen molar-refractivity contribution in [3.05, 3.63) is 53.1 Å². The summed E-state index contributed by atoms with van der Waals surface area (Å²) in [7, 11) is -3.36. The fourth-order valence-electron chi connectivity index (χ4n) is 2.75. The SMILES string of the molecule is N#Cc1ccc(Cl)cc1NC(=O)C(=O)Nc1cccc(N2CCCS2(=O)=O)c1. The molecule has 0 spiro atoms. The van der Waals surface area contributed by atoms with Gasteiger partial charge in [0.2, 0.25) is 10.0 Å². The number of carbonyl (C=O) groups is 2. The highest BCUT2D eigenvalue weighted by Crippen LogP contribution is 2.26. The predicted molar refractivity (Wildman–Crippen MR) is 106 cm³/mol. The molecule has 0 aromatic heterocycles. The van der Waals surface area contributed by atoms with Crippen LogP contribution in [0.1, 0.15) is 12.0 Å². The Labute approximate surface area is 166 Å². The van der Waals surface area contributed by atoms with Crippen LogP contribution in [0.2, 0.25) is 5.02 Å². The third kappa shape index (κ3) is 4.24. The number of benzene rings is 2. The Hall–Kier alpha value is -3.09. The van der Waals surface area contributed by atoms with Crippen molar-refractivity contribution < 1.29 is 18.0 Å². The normalized spacial score (nSPS) is 14.9. The summed E-state index contributed by atoms with van der Waals surface area (Å²) in [5, 5.41) is 14.1. The Bertz CT molecular complexity index is 1100. The van der Waals surface area contributed by atoms with E-state index in [4.69, 9.17) is 16.9 Å². The zero-order valence-electron chi connectivity index (χ0n) is 14.5. The molecule has 2 amide bonds. The first-order valence-corrected chi connectivity index (χ1v) is 10.2. The van der Waals surface area contributed by atoms with Crippen LogP contribution in [-0.4, -0.2) is 32.5 Å². The summed E-state index contributed by atoms with van der Waals surface area (Å²) in [6.07, 6.45) is 0.530. The van der Waals surface area contributed by atoms with Crippen molar-refractivity contribution >= 4 is 50.5 Å². The molecule has 2 aromatic carbocycles. The molecule has 1 heterocycles. The lowest BCUT2D eigenvalue weighted by Crippen LogP contribution is -2.29. The van der Waals surface area contributed by atoms with Gasteiger partial charge in [-0.15, -0.1) is 0 Å². The maximum absolute atomic E-state index is 12.2. The maximum atomic E-state index is 12.2. The summed E-state index contributed by atoms with van der Waals surface area (Å²) in [6, 6.07) is 12.4. The van der Waals surface area contributed by atoms with Gasteiger partial charge in [0.25, 0.3) is 0 Å². The molecular formula is C18H15ClN4O4S. The zero-order valence-corrected chi connectivity index (χ0v) is 16.0. The molecule has 0 radical (unpaired) electrons. The van der Waals surface area contributed by atoms with Crippen molar-refractivity contribution in [2.45, 2.75) is 6.42 Å². The summed E-state index contributed by atoms with van der Waals surface area (Å²) in [4.78, 5) is 24.3. The molecule has 2 N–H and O–H groups in total. The highest BCUT2D eigenvalue weighted by molar-refractivity contribution is 7.93. The fourth-order valence-corrected chi connectivity index (χ4v) is 4.48. The van der Waals surface area contributed by atoms with Crippen LogP contribution >= 0.6 is 11.6 Å². The summed E-state index contributed by atoms with van der Waals surface area (Å²) in [5.74, 6) is -1.88. The Morgan fingerprint density at radius 2 is 1.86 bits per heavy atom. The number of halogens is 1. The molecule has 2 aromatic rings. The van der Waals surface area contributed by atoms with E-state index in [1.54, 1.807) is 12.1 Å². The first-order valence-electron chi connectivity index (χ1n) is 8.22. The van der Waals surface area contributed by atoms with Gasteiger partial charge in [0.1, 0.15) is 6.07 Å². The quantitative estimate of drug-likeness (QED) is 0.741. The zero-order chi connectivity index (χ0) is 20.3. The van der Waals surface area contributed by atoms with Gasteiger partial charge in [-0.2, -0.15) is 5.26 Å². The Balaban J connectivity index is 1.73. The van der Waals surface area contributed by atoms with Crippen LogP contribution in [0.15, 0.2) is 42.5 Å². The number of rotatable bonds is 3. The third-order valence-electron chi connectivity index (χ3n) is 4.05. The minimum absolute atomic E-state index is 0.0762. The molecule has 144 valence electrons. The van der Waals surface area contributed by atoms with E-state index in [1.165, 1.54) is 34.6 Å². The molecular weight excluding hydrogens is 404 g/mol. The van der Waals surface area contributed by atoms with Crippen molar-refractivity contribution in [2.75, 3.05) is 27.2 Å². The summed E-state index contributed by atoms with van der Waals surface area (Å²) in [5.41, 5.74) is 0.961. The number of nitrogens with zero attached hydrogens (tertiary/aromatic N) is 2. The lowest BCUT2D eigenvalue weighted by Gasteiger charge is -2.17. The summed E-state index contributed by atoms with van der Waals surface area (Å²) in [6.45, 7) is 0.367. The Kier molecular flexibility index (Phi) is 5.53. The van der Waals surface area contributed by atoms with E-state index >= 15 is 0 Å². The molecule has 8 nitrogen and oxygen atoms in total. The molecule has 0 bridgehead atoms. The molecule has 28 heavy (non-hydrogen) atoms. The largest absolute Gasteiger partial charge is 0.318 e. The number of hydrogen-bond acceptors (Lipinski definition) is 5. The topological polar surface area (TPSA) is 119 Å². The van der Waals surface area contributed by atoms with E-state index in [2.05, 4.69) is 10.6 Å². The van der Waals surface area contributed by atoms with Gasteiger partial charge in [-0.3, -0.25) is 13.9 Å². The van der Waals surface area contributed by atoms with E-state index in [-0.39, 0.29) is 22.7 Å². The molecule has 3 rings (SSSR count). The molecule has 0 unspecified atom stereocenters. The second kappa shape index (κ2) is 7.88. The number of hydrogen-bond donors (Lipinski definition) is 2. The Morgan fingerprint density at radius 1 is 1.11 bits per heavy atom. The van der Waals surface area contributed by atoms with Crippen molar-refractivity contribution in [3.63, 3.8) is 0 Å². The second-order valence-electron chi connectivity index (χ2n) is 6.00. The molecule has 1 saturated heterocycles. The van der Waals surface area contributed by atoms with E-state index < -0.39 is 21.8 Å². The van der Waals surface area contributed by atoms with Crippen LogP contribution in [0.5, 0.6) is 0 Å². The van der Waals surface area contributed by atoms with Crippen LogP contribution in [-0.2, 0) is 19.6 Å². The lowest BCUT2D eigenvalue weighted by atomic mass is 10.2. The van der Waals surface area contributed by atoms with E-state index in [0.29, 0.717) is 23.7 Å². The minimum atomic E-state index is -3.36. The van der Waals surface area contributed by atoms with Gasteiger partial charge in [0, 0.05) is 17.3 Å². The fraction of sp³-hybridized carbons (Fsp3) is 0.167. The van der Waals surface area contributed by atoms with E-state index in [0.717, 1.165) is 0 Å². The highest BCUT2D eigenvalue weighted by Gasteiger charge is 2.28. The summed E-state index contributed by atoms with van der Waals surface area (Å²) >= 11 is 5.85. The highest BCUT2D eigenvalue weighted by atomic mass is 35.5. The van der Waals surface area contributed by atoms with Crippen LogP contribution in [0.4, 0.5) is 17.1 Å². The molecule has 0 atom stereocenters. The number of carbonyl (C=O) groups excluding carboxylic acids is 2. The van der Waals surface area contributed by atoms with Gasteiger partial charge in [-0.1, -0.05) is 17.7 Å². The number of sulfonamides is 1. The number of anilines is 3. The van der Waals surface area contributed by atoms with Gasteiger partial charge in [0.05, 0.1) is 22.7 Å². The van der Waals surface area contributed by atoms with Crippen LogP contribution in [0.3, 0.4) is 0 Å². The Morgan fingerprint density at radius 3 is 2.54 bits per heavy atom. The van der Waals surface area contributed by atoms with Gasteiger partial charge >= 0.3 is 11.8 Å². The van der Waals surface area contributed by atoms with E-state index in [9.17, 15) is 18.0 Å². The number of nitrogens with one attached hydrogen (secondary N) is 2. The molecule has 1 aliphatic heterocycles. The van der Waals surface area contributed by atoms with Crippen molar-refractivity contribution in [1.82, 2.24) is 0 Å². The van der Waals surface area contributed by atoms with E-state index in [1.807, 2.05) is 6.07 Å². The minimum Gasteiger partial charge on any atom is -0.318 e. The van der Waals surface area contributed by atoms with Crippen LogP contribution in [0, 0.1) is 11.3 Å².